The van der Waals surface area contributed by atoms with Crippen molar-refractivity contribution in [2.45, 2.75) is 88.9 Å². The zero-order valence-electron chi connectivity index (χ0n) is 26.9. The molecule has 47 heavy (non-hydrogen) atoms. The molecule has 10 nitrogen and oxygen atoms in total. The Morgan fingerprint density at radius 1 is 1.13 bits per heavy atom. The summed E-state index contributed by atoms with van der Waals surface area (Å²) in [6, 6.07) is 9.60. The molecule has 10 rings (SSSR count). The molecule has 2 N–H and O–H groups in total. The lowest BCUT2D eigenvalue weighted by atomic mass is 9.42. The summed E-state index contributed by atoms with van der Waals surface area (Å²) < 4.78 is 24.4. The van der Waals surface area contributed by atoms with Gasteiger partial charge in [0.05, 0.1) is 42.2 Å². The van der Waals surface area contributed by atoms with Gasteiger partial charge in [0.25, 0.3) is 5.91 Å². The molecule has 0 radical (unpaired) electrons. The number of halogens is 1. The van der Waals surface area contributed by atoms with Gasteiger partial charge in [0, 0.05) is 41.7 Å². The van der Waals surface area contributed by atoms with Gasteiger partial charge in [0.2, 0.25) is 5.91 Å². The second-order valence-electron chi connectivity index (χ2n) is 14.9. The molecule has 2 amide bonds. The third-order valence-electron chi connectivity index (χ3n) is 11.1. The first-order valence-electron chi connectivity index (χ1n) is 17.1. The van der Waals surface area contributed by atoms with E-state index in [9.17, 15) is 14.0 Å². The number of amides is 2. The molecule has 6 fully saturated rings. The second kappa shape index (κ2) is 10.1. The predicted octanol–water partition coefficient (Wildman–Crippen LogP) is 5.97. The van der Waals surface area contributed by atoms with Crippen LogP contribution in [-0.4, -0.2) is 67.2 Å². The zero-order valence-corrected chi connectivity index (χ0v) is 26.9. The van der Waals surface area contributed by atoms with Crippen molar-refractivity contribution in [2.24, 2.45) is 11.3 Å². The minimum Gasteiger partial charge on any atom is -0.482 e. The Balaban J connectivity index is 1.11. The number of nitrogens with one attached hydrogen (secondary N) is 2. The summed E-state index contributed by atoms with van der Waals surface area (Å²) in [6.45, 7) is 3.77. The molecule has 1 saturated heterocycles. The van der Waals surface area contributed by atoms with Crippen molar-refractivity contribution in [2.75, 3.05) is 20.2 Å². The largest absolute Gasteiger partial charge is 0.482 e. The molecule has 6 aliphatic rings. The fourth-order valence-corrected chi connectivity index (χ4v) is 8.23. The molecule has 5 heterocycles. The number of carbonyl (C=O) groups is 2. The number of aromatic nitrogens is 4. The van der Waals surface area contributed by atoms with Crippen molar-refractivity contribution < 1.29 is 18.7 Å². The third-order valence-corrected chi connectivity index (χ3v) is 11.1. The van der Waals surface area contributed by atoms with Gasteiger partial charge in [-0.15, -0.1) is 0 Å². The molecule has 1 aliphatic heterocycles. The molecule has 4 aromatic rings. The minimum absolute atomic E-state index is 0.0652. The van der Waals surface area contributed by atoms with E-state index in [-0.39, 0.29) is 17.9 Å². The molecule has 5 aliphatic carbocycles. The molecule has 0 unspecified atom stereocenters. The van der Waals surface area contributed by atoms with E-state index in [1.807, 2.05) is 25.1 Å². The van der Waals surface area contributed by atoms with Crippen molar-refractivity contribution >= 4 is 34.2 Å². The molecule has 0 aromatic carbocycles. The van der Waals surface area contributed by atoms with E-state index in [1.165, 1.54) is 12.8 Å². The summed E-state index contributed by atoms with van der Waals surface area (Å²) in [5.41, 5.74) is 4.76. The summed E-state index contributed by atoms with van der Waals surface area (Å²) in [6.07, 6.45) is 7.03. The lowest BCUT2D eigenvalue weighted by Gasteiger charge is -2.64. The van der Waals surface area contributed by atoms with Crippen LogP contribution in [0.15, 0.2) is 30.3 Å². The molecule has 0 spiro atoms. The first-order valence-corrected chi connectivity index (χ1v) is 17.1. The normalized spacial score (nSPS) is 25.9. The number of methoxy groups -OCH3 is 1. The maximum atomic E-state index is 14.1. The molecule has 244 valence electrons. The summed E-state index contributed by atoms with van der Waals surface area (Å²) >= 11 is 0. The van der Waals surface area contributed by atoms with Crippen LogP contribution in [0.4, 0.5) is 4.39 Å². The highest BCUT2D eigenvalue weighted by atomic mass is 19.1. The van der Waals surface area contributed by atoms with Crippen molar-refractivity contribution in [3.05, 3.63) is 47.3 Å². The van der Waals surface area contributed by atoms with E-state index in [0.29, 0.717) is 67.0 Å². The molecular weight excluding hydrogens is 597 g/mol. The molecular formula is C36H40FN7O3. The van der Waals surface area contributed by atoms with Crippen LogP contribution in [-0.2, 0) is 11.3 Å². The molecule has 5 saturated carbocycles. The molecule has 1 atom stereocenters. The van der Waals surface area contributed by atoms with Crippen molar-refractivity contribution in [1.82, 2.24) is 29.2 Å². The van der Waals surface area contributed by atoms with Gasteiger partial charge in [-0.3, -0.25) is 14.0 Å². The molecule has 4 aromatic heterocycles. The van der Waals surface area contributed by atoms with Crippen LogP contribution < -0.4 is 10.1 Å². The standard InChI is InChI=1S/C36H40FN7O3/c1-20(39-34(46)35-17-36(37,18-35)19-35)26-10-9-23-12-27(43(32(23)40-26)15-21-5-6-21)30-31(22-7-8-22)44-28(41-30)13-24(14-29(44)47-2)33(45)42-11-3-4-25(38)16-42/h9-10,12-14,20-22,38H,3-8,11,15-19H2,1-2H3,(H,39,46)/t20-,35?,36?/m1/s1. The number of pyridine rings is 2. The quantitative estimate of drug-likeness (QED) is 0.235. The highest BCUT2D eigenvalue weighted by Gasteiger charge is 2.72. The van der Waals surface area contributed by atoms with E-state index in [2.05, 4.69) is 26.4 Å². The smallest absolute Gasteiger partial charge is 0.254 e. The van der Waals surface area contributed by atoms with Crippen LogP contribution >= 0.6 is 0 Å². The minimum atomic E-state index is -1.12. The number of likely N-dealkylation sites (tertiary alicyclic amines) is 1. The van der Waals surface area contributed by atoms with Crippen LogP contribution in [0.1, 0.15) is 98.4 Å². The zero-order chi connectivity index (χ0) is 32.2. The lowest BCUT2D eigenvalue weighted by molar-refractivity contribution is -0.214. The Kier molecular flexibility index (Phi) is 6.22. The SMILES string of the molecule is COc1cc(C(=O)N2CCCC(=N)C2)cc2nc(-c3cc4ccc([C@@H](C)NC(=O)C56CC(F)(C5)C6)nc4n3CC3CC3)c(C3CC3)n12. The van der Waals surface area contributed by atoms with E-state index in [0.717, 1.165) is 66.0 Å². The number of piperidine rings is 1. The average molecular weight is 638 g/mol. The van der Waals surface area contributed by atoms with Gasteiger partial charge < -0.3 is 24.9 Å². The van der Waals surface area contributed by atoms with Crippen LogP contribution in [0, 0.1) is 16.7 Å². The van der Waals surface area contributed by atoms with Gasteiger partial charge in [0.15, 0.2) is 5.88 Å². The second-order valence-corrected chi connectivity index (χ2v) is 14.9. The lowest BCUT2D eigenvalue weighted by Crippen LogP contribution is -2.70. The highest BCUT2D eigenvalue weighted by molar-refractivity contribution is 5.99. The highest BCUT2D eigenvalue weighted by Crippen LogP contribution is 2.69. The van der Waals surface area contributed by atoms with Gasteiger partial charge in [0.1, 0.15) is 22.7 Å². The Morgan fingerprint density at radius 3 is 2.60 bits per heavy atom. The van der Waals surface area contributed by atoms with Gasteiger partial charge in [-0.2, -0.15) is 0 Å². The van der Waals surface area contributed by atoms with E-state index < -0.39 is 11.1 Å². The van der Waals surface area contributed by atoms with Crippen molar-refractivity contribution in [3.63, 3.8) is 0 Å². The Bertz CT molecular complexity index is 1980. The number of nitrogens with zero attached hydrogens (tertiary/aromatic N) is 5. The van der Waals surface area contributed by atoms with Gasteiger partial charge in [-0.1, -0.05) is 0 Å². The number of hydrogen-bond donors (Lipinski definition) is 2. The fourth-order valence-electron chi connectivity index (χ4n) is 8.23. The third kappa shape index (κ3) is 4.67. The predicted molar refractivity (Wildman–Crippen MR) is 175 cm³/mol. The van der Waals surface area contributed by atoms with Gasteiger partial charge in [-0.05, 0) is 94.9 Å². The first-order chi connectivity index (χ1) is 22.6. The number of rotatable bonds is 9. The number of ether oxygens (including phenoxy) is 1. The van der Waals surface area contributed by atoms with Crippen LogP contribution in [0.2, 0.25) is 0 Å². The van der Waals surface area contributed by atoms with Crippen LogP contribution in [0.3, 0.4) is 0 Å². The summed E-state index contributed by atoms with van der Waals surface area (Å²) in [4.78, 5) is 38.7. The number of imidazole rings is 1. The number of carbonyl (C=O) groups excluding carboxylic acids is 2. The van der Waals surface area contributed by atoms with Crippen LogP contribution in [0.5, 0.6) is 5.88 Å². The average Bonchev–Trinajstić information content (AvgIpc) is 3.97. The van der Waals surface area contributed by atoms with E-state index >= 15 is 0 Å². The maximum Gasteiger partial charge on any atom is 0.254 e. The summed E-state index contributed by atoms with van der Waals surface area (Å²) in [5.74, 6) is 1.32. The summed E-state index contributed by atoms with van der Waals surface area (Å²) in [7, 11) is 1.63. The van der Waals surface area contributed by atoms with Gasteiger partial charge in [-0.25, -0.2) is 14.4 Å². The van der Waals surface area contributed by atoms with Crippen molar-refractivity contribution in [3.8, 4) is 17.3 Å². The van der Waals surface area contributed by atoms with E-state index in [1.54, 1.807) is 12.0 Å². The Morgan fingerprint density at radius 2 is 1.91 bits per heavy atom. The first kappa shape index (κ1) is 28.9. The number of fused-ring (bicyclic) bond motifs is 2. The molecule has 11 heteroatoms. The fraction of sp³-hybridized carbons (Fsp3) is 0.528. The molecule has 2 bridgehead atoms. The Hall–Kier alpha value is -4.28. The van der Waals surface area contributed by atoms with Crippen LogP contribution in [0.25, 0.3) is 28.1 Å². The summed E-state index contributed by atoms with van der Waals surface area (Å²) in [5, 5.41) is 12.3. The topological polar surface area (TPSA) is 118 Å². The maximum absolute atomic E-state index is 14.1. The van der Waals surface area contributed by atoms with E-state index in [4.69, 9.17) is 20.1 Å². The Labute approximate surface area is 272 Å². The monoisotopic (exact) mass is 637 g/mol. The number of hydrogen-bond acceptors (Lipinski definition) is 6. The van der Waals surface area contributed by atoms with Crippen molar-refractivity contribution in [1.29, 1.82) is 5.41 Å². The number of alkyl halides is 1. The van der Waals surface area contributed by atoms with Gasteiger partial charge >= 0.3 is 0 Å².